The summed E-state index contributed by atoms with van der Waals surface area (Å²) in [5.74, 6) is 0.617. The molecule has 1 heteroatoms. The number of allylic oxidation sites excluding steroid dienone is 2. The van der Waals surface area contributed by atoms with Crippen molar-refractivity contribution in [3.63, 3.8) is 0 Å². The first-order valence-corrected chi connectivity index (χ1v) is 4.99. The molecule has 1 aliphatic carbocycles. The van der Waals surface area contributed by atoms with Gasteiger partial charge in [0.2, 0.25) is 0 Å². The van der Waals surface area contributed by atoms with Gasteiger partial charge in [-0.15, -0.1) is 0 Å². The normalized spacial score (nSPS) is 20.0. The van der Waals surface area contributed by atoms with Crippen LogP contribution < -0.4 is 0 Å². The molecule has 1 rings (SSSR count). The summed E-state index contributed by atoms with van der Waals surface area (Å²) in [5, 5.41) is 0. The molecule has 0 amide bonds. The van der Waals surface area contributed by atoms with E-state index in [9.17, 15) is 4.79 Å². The molecule has 1 aliphatic rings. The van der Waals surface area contributed by atoms with Crippen molar-refractivity contribution in [3.05, 3.63) is 11.6 Å². The highest BCUT2D eigenvalue weighted by atomic mass is 16.1. The smallest absolute Gasteiger partial charge is 0.161 e. The molecule has 0 aromatic heterocycles. The molecule has 68 valence electrons. The molecule has 0 aromatic rings. The molecule has 0 radical (unpaired) electrons. The Morgan fingerprint density at radius 1 is 1.58 bits per heavy atom. The number of Topliss-reactive ketones (excluding diaryl/α,β-unsaturated/α-hetero) is 1. The Hall–Kier alpha value is -0.590. The number of hydrogen-bond donors (Lipinski definition) is 0. The summed E-state index contributed by atoms with van der Waals surface area (Å²) >= 11 is 0. The lowest BCUT2D eigenvalue weighted by atomic mass is 9.90. The second kappa shape index (κ2) is 4.44. The van der Waals surface area contributed by atoms with Crippen molar-refractivity contribution in [1.82, 2.24) is 0 Å². The fourth-order valence-electron chi connectivity index (χ4n) is 1.56. The van der Waals surface area contributed by atoms with E-state index in [0.29, 0.717) is 5.78 Å². The average Bonchev–Trinajstić information content (AvgIpc) is 2.17. The second-order valence-electron chi connectivity index (χ2n) is 3.65. The molecule has 1 atom stereocenters. The van der Waals surface area contributed by atoms with E-state index in [4.69, 9.17) is 0 Å². The van der Waals surface area contributed by atoms with Crippen LogP contribution in [0.15, 0.2) is 11.6 Å². The zero-order valence-electron chi connectivity index (χ0n) is 8.10. The van der Waals surface area contributed by atoms with Gasteiger partial charge in [0.25, 0.3) is 0 Å². The van der Waals surface area contributed by atoms with Crippen molar-refractivity contribution in [3.8, 4) is 0 Å². The van der Waals surface area contributed by atoms with Crippen LogP contribution >= 0.6 is 0 Å². The van der Waals surface area contributed by atoms with Gasteiger partial charge in [0, 0.05) is 5.92 Å². The van der Waals surface area contributed by atoms with E-state index in [1.165, 1.54) is 12.8 Å². The molecule has 0 saturated heterocycles. The number of rotatable bonds is 3. The van der Waals surface area contributed by atoms with Crippen LogP contribution in [0.2, 0.25) is 0 Å². The summed E-state index contributed by atoms with van der Waals surface area (Å²) in [5.41, 5.74) is 1.09. The van der Waals surface area contributed by atoms with Crippen LogP contribution in [-0.4, -0.2) is 5.78 Å². The van der Waals surface area contributed by atoms with Crippen LogP contribution in [0.25, 0.3) is 0 Å². The van der Waals surface area contributed by atoms with Gasteiger partial charge in [0.15, 0.2) is 5.78 Å². The predicted octanol–water partition coefficient (Wildman–Crippen LogP) is 3.10. The summed E-state index contributed by atoms with van der Waals surface area (Å²) in [4.78, 5) is 11.7. The van der Waals surface area contributed by atoms with Gasteiger partial charge < -0.3 is 0 Å². The maximum Gasteiger partial charge on any atom is 0.161 e. The van der Waals surface area contributed by atoms with Gasteiger partial charge in [-0.1, -0.05) is 19.9 Å². The second-order valence-corrected chi connectivity index (χ2v) is 3.65. The van der Waals surface area contributed by atoms with Crippen LogP contribution in [0.1, 0.15) is 46.0 Å². The van der Waals surface area contributed by atoms with E-state index in [-0.39, 0.29) is 5.92 Å². The van der Waals surface area contributed by atoms with E-state index >= 15 is 0 Å². The van der Waals surface area contributed by atoms with Gasteiger partial charge in [0.05, 0.1) is 0 Å². The molecule has 1 unspecified atom stereocenters. The summed E-state index contributed by atoms with van der Waals surface area (Å²) in [7, 11) is 0. The zero-order valence-corrected chi connectivity index (χ0v) is 8.10. The fraction of sp³-hybridized carbons (Fsp3) is 0.727. The van der Waals surface area contributed by atoms with Crippen molar-refractivity contribution in [1.29, 1.82) is 0 Å². The monoisotopic (exact) mass is 166 g/mol. The lowest BCUT2D eigenvalue weighted by Gasteiger charge is -2.14. The van der Waals surface area contributed by atoms with Crippen molar-refractivity contribution in [2.75, 3.05) is 0 Å². The Morgan fingerprint density at radius 2 is 2.33 bits per heavy atom. The van der Waals surface area contributed by atoms with Crippen molar-refractivity contribution in [2.24, 2.45) is 5.92 Å². The average molecular weight is 166 g/mol. The molecular weight excluding hydrogens is 148 g/mol. The van der Waals surface area contributed by atoms with Crippen LogP contribution in [0, 0.1) is 5.92 Å². The maximum absolute atomic E-state index is 11.7. The standard InChI is InChI=1S/C11H18O/c1-3-9(2)11(12)10-7-5-4-6-8-10/h7,9H,3-6,8H2,1-2H3. The Morgan fingerprint density at radius 3 is 2.83 bits per heavy atom. The first-order valence-electron chi connectivity index (χ1n) is 4.99. The fourth-order valence-corrected chi connectivity index (χ4v) is 1.56. The molecule has 0 N–H and O–H groups in total. The molecule has 0 aliphatic heterocycles. The molecule has 0 spiro atoms. The summed E-state index contributed by atoms with van der Waals surface area (Å²) in [6.45, 7) is 4.10. The summed E-state index contributed by atoms with van der Waals surface area (Å²) < 4.78 is 0. The third-order valence-electron chi connectivity index (χ3n) is 2.67. The Bertz CT molecular complexity index is 191. The summed E-state index contributed by atoms with van der Waals surface area (Å²) in [6, 6.07) is 0. The van der Waals surface area contributed by atoms with Crippen molar-refractivity contribution < 1.29 is 4.79 Å². The molecular formula is C11H18O. The molecule has 0 heterocycles. The Balaban J connectivity index is 2.56. The minimum atomic E-state index is 0.231. The maximum atomic E-state index is 11.7. The first-order chi connectivity index (χ1) is 5.75. The van der Waals surface area contributed by atoms with Gasteiger partial charge in [-0.3, -0.25) is 4.79 Å². The number of ketones is 1. The molecule has 0 fully saturated rings. The van der Waals surface area contributed by atoms with Gasteiger partial charge in [-0.25, -0.2) is 0 Å². The Labute approximate surface area is 74.9 Å². The van der Waals surface area contributed by atoms with Crippen LogP contribution in [0.3, 0.4) is 0 Å². The number of carbonyl (C=O) groups excluding carboxylic acids is 1. The van der Waals surface area contributed by atoms with E-state index < -0.39 is 0 Å². The van der Waals surface area contributed by atoms with E-state index in [2.05, 4.69) is 13.0 Å². The quantitative estimate of drug-likeness (QED) is 0.629. The van der Waals surface area contributed by atoms with Gasteiger partial charge in [-0.2, -0.15) is 0 Å². The largest absolute Gasteiger partial charge is 0.294 e. The minimum Gasteiger partial charge on any atom is -0.294 e. The van der Waals surface area contributed by atoms with Gasteiger partial charge >= 0.3 is 0 Å². The molecule has 1 nitrogen and oxygen atoms in total. The topological polar surface area (TPSA) is 17.1 Å². The number of carbonyl (C=O) groups is 1. The van der Waals surface area contributed by atoms with Crippen LogP contribution in [-0.2, 0) is 4.79 Å². The van der Waals surface area contributed by atoms with Gasteiger partial charge in [0.1, 0.15) is 0 Å². The molecule has 0 saturated carbocycles. The highest BCUT2D eigenvalue weighted by Crippen LogP contribution is 2.21. The third-order valence-corrected chi connectivity index (χ3v) is 2.67. The predicted molar refractivity (Wildman–Crippen MR) is 51.0 cm³/mol. The minimum absolute atomic E-state index is 0.231. The van der Waals surface area contributed by atoms with Crippen molar-refractivity contribution in [2.45, 2.75) is 46.0 Å². The van der Waals surface area contributed by atoms with Gasteiger partial charge in [-0.05, 0) is 37.7 Å². The first kappa shape index (κ1) is 9.50. The highest BCUT2D eigenvalue weighted by molar-refractivity contribution is 5.96. The highest BCUT2D eigenvalue weighted by Gasteiger charge is 2.16. The molecule has 12 heavy (non-hydrogen) atoms. The van der Waals surface area contributed by atoms with E-state index in [0.717, 1.165) is 24.8 Å². The zero-order chi connectivity index (χ0) is 8.97. The Kier molecular flexibility index (Phi) is 3.51. The lowest BCUT2D eigenvalue weighted by molar-refractivity contribution is -0.119. The SMILES string of the molecule is CCC(C)C(=O)C1=CCCCC1. The summed E-state index contributed by atoms with van der Waals surface area (Å²) in [6.07, 6.45) is 7.69. The van der Waals surface area contributed by atoms with Crippen molar-refractivity contribution >= 4 is 5.78 Å². The van der Waals surface area contributed by atoms with Crippen LogP contribution in [0.5, 0.6) is 0 Å². The lowest BCUT2D eigenvalue weighted by Crippen LogP contribution is -2.14. The number of hydrogen-bond acceptors (Lipinski definition) is 1. The molecule has 0 aromatic carbocycles. The van der Waals surface area contributed by atoms with Crippen LogP contribution in [0.4, 0.5) is 0 Å². The molecule has 0 bridgehead atoms. The van der Waals surface area contributed by atoms with E-state index in [1.807, 2.05) is 6.92 Å². The van der Waals surface area contributed by atoms with E-state index in [1.54, 1.807) is 0 Å². The third kappa shape index (κ3) is 2.20.